The summed E-state index contributed by atoms with van der Waals surface area (Å²) in [7, 11) is 0. The molecule has 0 radical (unpaired) electrons. The number of benzene rings is 2. The van der Waals surface area contributed by atoms with Gasteiger partial charge in [-0.3, -0.25) is 0 Å². The molecular formula is C28H35Cl. The molecule has 29 heavy (non-hydrogen) atoms. The maximum absolute atomic E-state index is 6.30. The lowest BCUT2D eigenvalue weighted by molar-refractivity contribution is 0.443. The van der Waals surface area contributed by atoms with Gasteiger partial charge in [0, 0.05) is 16.1 Å². The Kier molecular flexibility index (Phi) is 9.17. The highest BCUT2D eigenvalue weighted by molar-refractivity contribution is 6.30. The van der Waals surface area contributed by atoms with Gasteiger partial charge >= 0.3 is 0 Å². The number of hydrogen-bond donors (Lipinski definition) is 0. The summed E-state index contributed by atoms with van der Waals surface area (Å²) < 4.78 is 0. The van der Waals surface area contributed by atoms with Crippen LogP contribution in [-0.2, 0) is 6.42 Å². The molecule has 1 aliphatic rings. The predicted molar refractivity (Wildman–Crippen MR) is 127 cm³/mol. The molecule has 1 fully saturated rings. The van der Waals surface area contributed by atoms with Gasteiger partial charge in [0.15, 0.2) is 0 Å². The Hall–Kier alpha value is -1.71. The number of unbranched alkanes of at least 4 members (excludes halogenated alkanes) is 5. The van der Waals surface area contributed by atoms with E-state index in [2.05, 4.69) is 55.2 Å². The van der Waals surface area contributed by atoms with Crippen molar-refractivity contribution in [1.29, 1.82) is 0 Å². The fourth-order valence-electron chi connectivity index (χ4n) is 4.40. The molecule has 1 heteroatoms. The summed E-state index contributed by atoms with van der Waals surface area (Å²) in [6, 6.07) is 15.1. The molecule has 0 aliphatic heterocycles. The molecule has 0 bridgehead atoms. The zero-order valence-electron chi connectivity index (χ0n) is 18.0. The van der Waals surface area contributed by atoms with Gasteiger partial charge in [-0.25, -0.2) is 0 Å². The number of rotatable bonds is 8. The summed E-state index contributed by atoms with van der Waals surface area (Å²) in [6.07, 6.45) is 15.8. The van der Waals surface area contributed by atoms with Crippen LogP contribution < -0.4 is 0 Å². The first-order valence-electron chi connectivity index (χ1n) is 11.7. The van der Waals surface area contributed by atoms with Gasteiger partial charge in [-0.1, -0.05) is 93.9 Å². The van der Waals surface area contributed by atoms with Gasteiger partial charge in [-0.05, 0) is 73.1 Å². The van der Waals surface area contributed by atoms with E-state index in [9.17, 15) is 0 Å². The van der Waals surface area contributed by atoms with E-state index in [1.54, 1.807) is 0 Å². The average molecular weight is 407 g/mol. The van der Waals surface area contributed by atoms with Gasteiger partial charge in [0.2, 0.25) is 0 Å². The molecule has 0 nitrogen and oxygen atoms in total. The second-order valence-electron chi connectivity index (χ2n) is 8.53. The standard InChI is InChI=1S/C28H35Cl/c1-2-3-4-5-6-8-11-23-14-16-24(17-15-23)18-19-26-20-21-27(29)22-28(26)25-12-9-7-10-13-25/h14-17,20-22,25H,2-13H2,1H3. The molecule has 154 valence electrons. The summed E-state index contributed by atoms with van der Waals surface area (Å²) in [5.41, 5.74) is 5.03. The monoisotopic (exact) mass is 406 g/mol. The molecular weight excluding hydrogens is 372 g/mol. The number of aryl methyl sites for hydroxylation is 1. The lowest BCUT2D eigenvalue weighted by Crippen LogP contribution is -2.06. The van der Waals surface area contributed by atoms with E-state index in [1.807, 2.05) is 6.07 Å². The molecule has 3 rings (SSSR count). The molecule has 0 heterocycles. The Labute approximate surface area is 183 Å². The first kappa shape index (κ1) is 22.0. The molecule has 0 unspecified atom stereocenters. The fraction of sp³-hybridized carbons (Fsp3) is 0.500. The molecule has 0 aromatic heterocycles. The third-order valence-corrected chi connectivity index (χ3v) is 6.41. The van der Waals surface area contributed by atoms with Gasteiger partial charge in [-0.15, -0.1) is 0 Å². The minimum atomic E-state index is 0.617. The Morgan fingerprint density at radius 2 is 1.55 bits per heavy atom. The van der Waals surface area contributed by atoms with E-state index in [1.165, 1.54) is 88.2 Å². The van der Waals surface area contributed by atoms with Crippen LogP contribution in [0.25, 0.3) is 0 Å². The van der Waals surface area contributed by atoms with Crippen molar-refractivity contribution in [3.05, 3.63) is 69.7 Å². The van der Waals surface area contributed by atoms with Crippen molar-refractivity contribution < 1.29 is 0 Å². The van der Waals surface area contributed by atoms with Crippen LogP contribution in [0, 0.1) is 11.8 Å². The van der Waals surface area contributed by atoms with Crippen molar-refractivity contribution in [3.63, 3.8) is 0 Å². The van der Waals surface area contributed by atoms with Crippen molar-refractivity contribution in [3.8, 4) is 11.8 Å². The lowest BCUT2D eigenvalue weighted by atomic mass is 9.82. The van der Waals surface area contributed by atoms with Crippen molar-refractivity contribution in [2.45, 2.75) is 89.9 Å². The van der Waals surface area contributed by atoms with Crippen molar-refractivity contribution in [2.24, 2.45) is 0 Å². The van der Waals surface area contributed by atoms with Crippen LogP contribution in [0.5, 0.6) is 0 Å². The highest BCUT2D eigenvalue weighted by Gasteiger charge is 2.18. The van der Waals surface area contributed by atoms with Crippen LogP contribution >= 0.6 is 11.6 Å². The van der Waals surface area contributed by atoms with E-state index >= 15 is 0 Å². The molecule has 1 saturated carbocycles. The zero-order valence-corrected chi connectivity index (χ0v) is 18.7. The maximum atomic E-state index is 6.30. The Morgan fingerprint density at radius 1 is 0.828 bits per heavy atom. The molecule has 0 atom stereocenters. The predicted octanol–water partition coefficient (Wildman–Crippen LogP) is 8.69. The smallest absolute Gasteiger partial charge is 0.0409 e. The van der Waals surface area contributed by atoms with Crippen molar-refractivity contribution in [2.75, 3.05) is 0 Å². The Bertz CT molecular complexity index is 800. The van der Waals surface area contributed by atoms with E-state index in [0.29, 0.717) is 5.92 Å². The molecule has 2 aromatic rings. The van der Waals surface area contributed by atoms with Gasteiger partial charge in [0.1, 0.15) is 0 Å². The molecule has 0 N–H and O–H groups in total. The van der Waals surface area contributed by atoms with Crippen LogP contribution in [0.1, 0.15) is 106 Å². The molecule has 1 aliphatic carbocycles. The third kappa shape index (κ3) is 7.24. The van der Waals surface area contributed by atoms with Crippen LogP contribution in [0.15, 0.2) is 42.5 Å². The van der Waals surface area contributed by atoms with Gasteiger partial charge in [0.05, 0.1) is 0 Å². The summed E-state index contributed by atoms with van der Waals surface area (Å²) in [5.74, 6) is 7.44. The van der Waals surface area contributed by atoms with Crippen LogP contribution in [0.2, 0.25) is 5.02 Å². The van der Waals surface area contributed by atoms with Crippen molar-refractivity contribution >= 4 is 11.6 Å². The first-order chi connectivity index (χ1) is 14.3. The minimum Gasteiger partial charge on any atom is -0.0843 e. The largest absolute Gasteiger partial charge is 0.0843 e. The third-order valence-electron chi connectivity index (χ3n) is 6.17. The summed E-state index contributed by atoms with van der Waals surface area (Å²) in [6.45, 7) is 2.27. The highest BCUT2D eigenvalue weighted by Crippen LogP contribution is 2.35. The first-order valence-corrected chi connectivity index (χ1v) is 12.0. The van der Waals surface area contributed by atoms with E-state index < -0.39 is 0 Å². The quantitative estimate of drug-likeness (QED) is 0.303. The normalized spacial score (nSPS) is 14.4. The summed E-state index contributed by atoms with van der Waals surface area (Å²) in [5, 5.41) is 0.829. The van der Waals surface area contributed by atoms with E-state index in [0.717, 1.165) is 16.1 Å². The van der Waals surface area contributed by atoms with Crippen LogP contribution in [-0.4, -0.2) is 0 Å². The maximum Gasteiger partial charge on any atom is 0.0409 e. The summed E-state index contributed by atoms with van der Waals surface area (Å²) in [4.78, 5) is 0. The molecule has 0 spiro atoms. The van der Waals surface area contributed by atoms with Gasteiger partial charge in [0.25, 0.3) is 0 Å². The van der Waals surface area contributed by atoms with E-state index in [-0.39, 0.29) is 0 Å². The Balaban J connectivity index is 1.60. The lowest BCUT2D eigenvalue weighted by Gasteiger charge is -2.23. The second kappa shape index (κ2) is 12.1. The molecule has 0 saturated heterocycles. The SMILES string of the molecule is CCCCCCCCc1ccc(C#Cc2ccc(Cl)cc2C2CCCCC2)cc1. The molecule has 2 aromatic carbocycles. The van der Waals surface area contributed by atoms with Gasteiger partial charge < -0.3 is 0 Å². The molecule has 0 amide bonds. The number of halogens is 1. The van der Waals surface area contributed by atoms with Gasteiger partial charge in [-0.2, -0.15) is 0 Å². The van der Waals surface area contributed by atoms with Crippen LogP contribution in [0.3, 0.4) is 0 Å². The number of hydrogen-bond acceptors (Lipinski definition) is 0. The van der Waals surface area contributed by atoms with Crippen LogP contribution in [0.4, 0.5) is 0 Å². The average Bonchev–Trinajstić information content (AvgIpc) is 2.77. The fourth-order valence-corrected chi connectivity index (χ4v) is 4.58. The minimum absolute atomic E-state index is 0.617. The zero-order chi connectivity index (χ0) is 20.3. The highest BCUT2D eigenvalue weighted by atomic mass is 35.5. The topological polar surface area (TPSA) is 0 Å². The van der Waals surface area contributed by atoms with E-state index in [4.69, 9.17) is 11.6 Å². The summed E-state index contributed by atoms with van der Waals surface area (Å²) >= 11 is 6.30. The second-order valence-corrected chi connectivity index (χ2v) is 8.97. The van der Waals surface area contributed by atoms with Crippen molar-refractivity contribution in [1.82, 2.24) is 0 Å². The Morgan fingerprint density at radius 3 is 2.31 bits per heavy atom.